The SMILES string of the molecule is CCC(C)OC(=O)Cn1c(SCc2cccc(C(=O)OC)c2)nc2cc([N+](=O)[O-])ccc21. The van der Waals surface area contributed by atoms with Crippen LogP contribution in [0, 0.1) is 10.1 Å². The van der Waals surface area contributed by atoms with Crippen molar-refractivity contribution in [1.29, 1.82) is 0 Å². The Kier molecular flexibility index (Phi) is 7.47. The lowest BCUT2D eigenvalue weighted by molar-refractivity contribution is -0.384. The predicted octanol–water partition coefficient (Wildman–Crippen LogP) is 4.37. The zero-order valence-electron chi connectivity index (χ0n) is 17.9. The molecule has 0 bridgehead atoms. The maximum absolute atomic E-state index is 12.4. The average molecular weight is 458 g/mol. The molecule has 0 N–H and O–H groups in total. The fourth-order valence-corrected chi connectivity index (χ4v) is 3.96. The van der Waals surface area contributed by atoms with Gasteiger partial charge in [-0.2, -0.15) is 0 Å². The highest BCUT2D eigenvalue weighted by atomic mass is 32.2. The smallest absolute Gasteiger partial charge is 0.337 e. The van der Waals surface area contributed by atoms with Crippen LogP contribution in [0.1, 0.15) is 36.2 Å². The molecule has 0 amide bonds. The number of rotatable bonds is 9. The van der Waals surface area contributed by atoms with E-state index in [4.69, 9.17) is 9.47 Å². The third-order valence-electron chi connectivity index (χ3n) is 4.82. The molecule has 10 heteroatoms. The highest BCUT2D eigenvalue weighted by molar-refractivity contribution is 7.98. The minimum atomic E-state index is -0.485. The van der Waals surface area contributed by atoms with Gasteiger partial charge < -0.3 is 14.0 Å². The van der Waals surface area contributed by atoms with E-state index >= 15 is 0 Å². The standard InChI is InChI=1S/C22H23N3O6S/c1-4-14(2)31-20(26)12-24-19-9-8-17(25(28)29)11-18(19)23-22(24)32-13-15-6-5-7-16(10-15)21(27)30-3/h5-11,14H,4,12-13H2,1-3H3. The van der Waals surface area contributed by atoms with Crippen molar-refractivity contribution in [2.75, 3.05) is 7.11 Å². The summed E-state index contributed by atoms with van der Waals surface area (Å²) in [6.45, 7) is 3.67. The second kappa shape index (κ2) is 10.3. The normalized spacial score (nSPS) is 11.8. The molecule has 1 heterocycles. The van der Waals surface area contributed by atoms with Crippen LogP contribution in [0.25, 0.3) is 11.0 Å². The van der Waals surface area contributed by atoms with Gasteiger partial charge in [0.25, 0.3) is 5.69 Å². The molecule has 2 aromatic carbocycles. The van der Waals surface area contributed by atoms with Gasteiger partial charge in [-0.05, 0) is 37.1 Å². The Hall–Kier alpha value is -3.40. The highest BCUT2D eigenvalue weighted by Gasteiger charge is 2.19. The summed E-state index contributed by atoms with van der Waals surface area (Å²) in [5, 5.41) is 11.7. The Morgan fingerprint density at radius 2 is 2.03 bits per heavy atom. The summed E-state index contributed by atoms with van der Waals surface area (Å²) in [5.41, 5.74) is 2.24. The summed E-state index contributed by atoms with van der Waals surface area (Å²) in [7, 11) is 1.32. The van der Waals surface area contributed by atoms with Gasteiger partial charge in [-0.3, -0.25) is 14.9 Å². The number of methoxy groups -OCH3 is 1. The van der Waals surface area contributed by atoms with Crippen molar-refractivity contribution in [2.24, 2.45) is 0 Å². The van der Waals surface area contributed by atoms with Gasteiger partial charge in [-0.15, -0.1) is 0 Å². The van der Waals surface area contributed by atoms with Crippen LogP contribution >= 0.6 is 11.8 Å². The minimum absolute atomic E-state index is 0.0663. The molecule has 9 nitrogen and oxygen atoms in total. The van der Waals surface area contributed by atoms with E-state index in [1.807, 2.05) is 19.9 Å². The van der Waals surface area contributed by atoms with Crippen LogP contribution in [0.15, 0.2) is 47.6 Å². The van der Waals surface area contributed by atoms with E-state index in [1.54, 1.807) is 28.8 Å². The number of nitro benzene ring substituents is 1. The number of ether oxygens (including phenoxy) is 2. The van der Waals surface area contributed by atoms with Gasteiger partial charge in [0.2, 0.25) is 0 Å². The molecular formula is C22H23N3O6S. The summed E-state index contributed by atoms with van der Waals surface area (Å²) in [5.74, 6) is -0.368. The van der Waals surface area contributed by atoms with Gasteiger partial charge >= 0.3 is 11.9 Å². The second-order valence-corrected chi connectivity index (χ2v) is 8.04. The van der Waals surface area contributed by atoms with Crippen molar-refractivity contribution < 1.29 is 24.0 Å². The topological polar surface area (TPSA) is 114 Å². The first-order valence-corrected chi connectivity index (χ1v) is 10.9. The number of esters is 2. The number of nitrogens with zero attached hydrogens (tertiary/aromatic N) is 3. The summed E-state index contributed by atoms with van der Waals surface area (Å²) in [4.78, 5) is 39.4. The van der Waals surface area contributed by atoms with Crippen LogP contribution in [0.2, 0.25) is 0 Å². The zero-order chi connectivity index (χ0) is 23.3. The van der Waals surface area contributed by atoms with Crippen LogP contribution in [0.3, 0.4) is 0 Å². The number of benzene rings is 2. The fourth-order valence-electron chi connectivity index (χ4n) is 3.00. The molecule has 0 saturated carbocycles. The summed E-state index contributed by atoms with van der Waals surface area (Å²) in [6, 6.07) is 11.4. The van der Waals surface area contributed by atoms with Gasteiger partial charge in [0.05, 0.1) is 34.7 Å². The Bertz CT molecular complexity index is 1160. The quantitative estimate of drug-likeness (QED) is 0.201. The van der Waals surface area contributed by atoms with Crippen LogP contribution in [0.4, 0.5) is 5.69 Å². The van der Waals surface area contributed by atoms with Gasteiger partial charge in [-0.1, -0.05) is 30.8 Å². The van der Waals surface area contributed by atoms with Crippen molar-refractivity contribution >= 4 is 40.4 Å². The monoisotopic (exact) mass is 457 g/mol. The number of thioether (sulfide) groups is 1. The van der Waals surface area contributed by atoms with Gasteiger partial charge in [0.15, 0.2) is 5.16 Å². The molecule has 1 aromatic heterocycles. The fraction of sp³-hybridized carbons (Fsp3) is 0.318. The number of nitro groups is 1. The van der Waals surface area contributed by atoms with E-state index in [0.29, 0.717) is 33.9 Å². The van der Waals surface area contributed by atoms with E-state index in [9.17, 15) is 19.7 Å². The number of non-ortho nitro benzene ring substituents is 1. The molecule has 0 radical (unpaired) electrons. The number of carbonyl (C=O) groups excluding carboxylic acids is 2. The van der Waals surface area contributed by atoms with Crippen LogP contribution < -0.4 is 0 Å². The number of imidazole rings is 1. The molecule has 1 unspecified atom stereocenters. The Morgan fingerprint density at radius 1 is 1.25 bits per heavy atom. The molecule has 168 valence electrons. The lowest BCUT2D eigenvalue weighted by Gasteiger charge is -2.13. The number of carbonyl (C=O) groups is 2. The van der Waals surface area contributed by atoms with Crippen LogP contribution in [0.5, 0.6) is 0 Å². The van der Waals surface area contributed by atoms with Crippen molar-refractivity contribution in [3.8, 4) is 0 Å². The molecule has 0 aliphatic rings. The first-order chi connectivity index (χ1) is 15.3. The van der Waals surface area contributed by atoms with Crippen molar-refractivity contribution in [3.63, 3.8) is 0 Å². The molecular weight excluding hydrogens is 434 g/mol. The Balaban J connectivity index is 1.91. The lowest BCUT2D eigenvalue weighted by atomic mass is 10.1. The molecule has 0 aliphatic carbocycles. The lowest BCUT2D eigenvalue weighted by Crippen LogP contribution is -2.19. The number of aromatic nitrogens is 2. The predicted molar refractivity (Wildman–Crippen MR) is 120 cm³/mol. The van der Waals surface area contributed by atoms with Gasteiger partial charge in [0, 0.05) is 17.9 Å². The molecule has 0 saturated heterocycles. The largest absolute Gasteiger partial charge is 0.465 e. The zero-order valence-corrected chi connectivity index (χ0v) is 18.8. The molecule has 3 aromatic rings. The molecule has 0 spiro atoms. The summed E-state index contributed by atoms with van der Waals surface area (Å²) in [6.07, 6.45) is 0.483. The van der Waals surface area contributed by atoms with Crippen molar-refractivity contribution in [1.82, 2.24) is 9.55 Å². The highest BCUT2D eigenvalue weighted by Crippen LogP contribution is 2.29. The van der Waals surface area contributed by atoms with E-state index in [-0.39, 0.29) is 18.3 Å². The van der Waals surface area contributed by atoms with E-state index in [2.05, 4.69) is 4.98 Å². The van der Waals surface area contributed by atoms with Crippen LogP contribution in [-0.4, -0.2) is 39.6 Å². The van der Waals surface area contributed by atoms with Crippen molar-refractivity contribution in [2.45, 2.75) is 43.8 Å². The third-order valence-corrected chi connectivity index (χ3v) is 5.87. The van der Waals surface area contributed by atoms with E-state index in [0.717, 1.165) is 5.56 Å². The maximum Gasteiger partial charge on any atom is 0.337 e. The van der Waals surface area contributed by atoms with Crippen molar-refractivity contribution in [3.05, 3.63) is 63.7 Å². The first-order valence-electron chi connectivity index (χ1n) is 9.96. The summed E-state index contributed by atoms with van der Waals surface area (Å²) >= 11 is 1.36. The maximum atomic E-state index is 12.4. The second-order valence-electron chi connectivity index (χ2n) is 7.10. The third kappa shape index (κ3) is 5.44. The minimum Gasteiger partial charge on any atom is -0.465 e. The molecule has 0 fully saturated rings. The van der Waals surface area contributed by atoms with Gasteiger partial charge in [0.1, 0.15) is 6.54 Å². The molecule has 1 atom stereocenters. The first kappa shape index (κ1) is 23.3. The molecule has 3 rings (SSSR count). The molecule has 0 aliphatic heterocycles. The Morgan fingerprint density at radius 3 is 2.72 bits per heavy atom. The van der Waals surface area contributed by atoms with Crippen LogP contribution in [-0.2, 0) is 26.6 Å². The Labute approximate surface area is 188 Å². The van der Waals surface area contributed by atoms with E-state index in [1.165, 1.54) is 31.0 Å². The van der Waals surface area contributed by atoms with Gasteiger partial charge in [-0.25, -0.2) is 9.78 Å². The average Bonchev–Trinajstić information content (AvgIpc) is 3.13. The number of hydrogen-bond acceptors (Lipinski definition) is 8. The summed E-state index contributed by atoms with van der Waals surface area (Å²) < 4.78 is 11.9. The number of hydrogen-bond donors (Lipinski definition) is 0. The van der Waals surface area contributed by atoms with E-state index < -0.39 is 16.9 Å². The molecule has 32 heavy (non-hydrogen) atoms. The number of fused-ring (bicyclic) bond motifs is 1.